The average molecular weight is 340 g/mol. The van der Waals surface area contributed by atoms with E-state index in [1.165, 1.54) is 16.7 Å². The summed E-state index contributed by atoms with van der Waals surface area (Å²) >= 11 is 0. The molecule has 1 heterocycles. The van der Waals surface area contributed by atoms with Crippen LogP contribution in [0.4, 0.5) is 0 Å². The zero-order valence-corrected chi connectivity index (χ0v) is 15.6. The van der Waals surface area contributed by atoms with Crippen LogP contribution in [-0.2, 0) is 5.41 Å². The Kier molecular flexibility index (Phi) is 4.12. The maximum atomic E-state index is 4.73. The Labute approximate surface area is 155 Å². The third-order valence-corrected chi connectivity index (χ3v) is 4.95. The van der Waals surface area contributed by atoms with Gasteiger partial charge in [-0.1, -0.05) is 87.5 Å². The predicted molar refractivity (Wildman–Crippen MR) is 109 cm³/mol. The van der Waals surface area contributed by atoms with Crippen molar-refractivity contribution in [2.45, 2.75) is 32.2 Å². The first-order valence-electron chi connectivity index (χ1n) is 9.11. The molecule has 1 aromatic heterocycles. The quantitative estimate of drug-likeness (QED) is 0.449. The van der Waals surface area contributed by atoms with Gasteiger partial charge in [-0.3, -0.25) is 0 Å². The molecule has 130 valence electrons. The van der Waals surface area contributed by atoms with E-state index >= 15 is 0 Å². The van der Waals surface area contributed by atoms with Gasteiger partial charge in [0.15, 0.2) is 0 Å². The molecule has 0 saturated carbocycles. The SMILES string of the molecule is CC(C)(C)c1ccc2c(c1)ncn2C(c1ccccc1)c1ccccc1. The molecular formula is C24H24N2. The summed E-state index contributed by atoms with van der Waals surface area (Å²) in [6.45, 7) is 6.71. The molecule has 2 heteroatoms. The molecule has 2 nitrogen and oxygen atoms in total. The van der Waals surface area contributed by atoms with E-state index < -0.39 is 0 Å². The van der Waals surface area contributed by atoms with Gasteiger partial charge in [0.25, 0.3) is 0 Å². The maximum Gasteiger partial charge on any atom is 0.0966 e. The Balaban J connectivity index is 1.89. The molecule has 0 fully saturated rings. The van der Waals surface area contributed by atoms with E-state index in [0.29, 0.717) is 0 Å². The smallest absolute Gasteiger partial charge is 0.0966 e. The topological polar surface area (TPSA) is 17.8 Å². The van der Waals surface area contributed by atoms with Crippen molar-refractivity contribution in [3.8, 4) is 0 Å². The Morgan fingerprint density at radius 2 is 1.35 bits per heavy atom. The van der Waals surface area contributed by atoms with Crippen LogP contribution in [0.2, 0.25) is 0 Å². The second kappa shape index (κ2) is 6.45. The van der Waals surface area contributed by atoms with E-state index in [2.05, 4.69) is 104 Å². The minimum atomic E-state index is 0.114. The van der Waals surface area contributed by atoms with Crippen molar-refractivity contribution in [1.29, 1.82) is 0 Å². The van der Waals surface area contributed by atoms with Crippen LogP contribution < -0.4 is 0 Å². The molecule has 26 heavy (non-hydrogen) atoms. The highest BCUT2D eigenvalue weighted by Crippen LogP contribution is 2.31. The second-order valence-electron chi connectivity index (χ2n) is 7.83. The van der Waals surface area contributed by atoms with Crippen LogP contribution in [0.1, 0.15) is 43.5 Å². The number of rotatable bonds is 3. The van der Waals surface area contributed by atoms with Crippen molar-refractivity contribution in [1.82, 2.24) is 9.55 Å². The van der Waals surface area contributed by atoms with E-state index in [1.54, 1.807) is 0 Å². The Bertz CT molecular complexity index is 969. The van der Waals surface area contributed by atoms with E-state index in [0.717, 1.165) is 11.0 Å². The maximum absolute atomic E-state index is 4.73. The van der Waals surface area contributed by atoms with Crippen LogP contribution in [0.15, 0.2) is 85.2 Å². The van der Waals surface area contributed by atoms with Crippen molar-refractivity contribution in [3.05, 3.63) is 102 Å². The number of nitrogens with zero attached hydrogens (tertiary/aromatic N) is 2. The van der Waals surface area contributed by atoms with Gasteiger partial charge < -0.3 is 4.57 Å². The van der Waals surface area contributed by atoms with Gasteiger partial charge in [0.05, 0.1) is 23.4 Å². The fourth-order valence-electron chi connectivity index (χ4n) is 3.49. The van der Waals surface area contributed by atoms with Crippen LogP contribution in [0.25, 0.3) is 11.0 Å². The van der Waals surface area contributed by atoms with Crippen molar-refractivity contribution < 1.29 is 0 Å². The lowest BCUT2D eigenvalue weighted by atomic mass is 9.87. The lowest BCUT2D eigenvalue weighted by Crippen LogP contribution is -2.12. The van der Waals surface area contributed by atoms with Crippen LogP contribution in [-0.4, -0.2) is 9.55 Å². The Morgan fingerprint density at radius 3 is 1.88 bits per heavy atom. The Morgan fingerprint density at radius 1 is 0.769 bits per heavy atom. The van der Waals surface area contributed by atoms with Gasteiger partial charge in [0.1, 0.15) is 0 Å². The molecule has 0 unspecified atom stereocenters. The van der Waals surface area contributed by atoms with Crippen LogP contribution in [0.5, 0.6) is 0 Å². The second-order valence-corrected chi connectivity index (χ2v) is 7.83. The molecule has 0 amide bonds. The predicted octanol–water partition coefficient (Wildman–Crippen LogP) is 5.97. The summed E-state index contributed by atoms with van der Waals surface area (Å²) in [6, 6.07) is 28.0. The highest BCUT2D eigenvalue weighted by Gasteiger charge is 2.20. The monoisotopic (exact) mass is 340 g/mol. The molecule has 0 aliphatic carbocycles. The van der Waals surface area contributed by atoms with E-state index in [-0.39, 0.29) is 11.5 Å². The normalized spacial score (nSPS) is 12.0. The first-order valence-corrected chi connectivity index (χ1v) is 9.11. The minimum absolute atomic E-state index is 0.114. The van der Waals surface area contributed by atoms with E-state index in [4.69, 9.17) is 4.98 Å². The lowest BCUT2D eigenvalue weighted by Gasteiger charge is -2.22. The van der Waals surface area contributed by atoms with Gasteiger partial charge in [-0.05, 0) is 34.2 Å². The molecule has 0 radical (unpaired) electrons. The third-order valence-electron chi connectivity index (χ3n) is 4.95. The van der Waals surface area contributed by atoms with Gasteiger partial charge >= 0.3 is 0 Å². The summed E-state index contributed by atoms with van der Waals surface area (Å²) in [7, 11) is 0. The minimum Gasteiger partial charge on any atom is -0.319 e. The summed E-state index contributed by atoms with van der Waals surface area (Å²) in [4.78, 5) is 4.73. The number of benzene rings is 3. The van der Waals surface area contributed by atoms with Crippen LogP contribution in [0.3, 0.4) is 0 Å². The highest BCUT2D eigenvalue weighted by molar-refractivity contribution is 5.77. The van der Waals surface area contributed by atoms with Crippen molar-refractivity contribution in [3.63, 3.8) is 0 Å². The zero-order chi connectivity index (χ0) is 18.1. The molecule has 4 aromatic rings. The first kappa shape index (κ1) is 16.6. The fraction of sp³-hybridized carbons (Fsp3) is 0.208. The molecular weight excluding hydrogens is 316 g/mol. The van der Waals surface area contributed by atoms with E-state index in [1.807, 2.05) is 6.33 Å². The van der Waals surface area contributed by atoms with Crippen LogP contribution in [0, 0.1) is 0 Å². The summed E-state index contributed by atoms with van der Waals surface area (Å²) in [5.74, 6) is 0. The average Bonchev–Trinajstić information content (AvgIpc) is 3.06. The Hall–Kier alpha value is -2.87. The fourth-order valence-corrected chi connectivity index (χ4v) is 3.49. The van der Waals surface area contributed by atoms with Crippen molar-refractivity contribution >= 4 is 11.0 Å². The van der Waals surface area contributed by atoms with Crippen LogP contribution >= 0.6 is 0 Å². The molecule has 0 bridgehead atoms. The number of hydrogen-bond donors (Lipinski definition) is 0. The summed E-state index contributed by atoms with van der Waals surface area (Å²) < 4.78 is 2.28. The largest absolute Gasteiger partial charge is 0.319 e. The standard InChI is InChI=1S/C24H24N2/c1-24(2,3)20-14-15-22-21(16-20)25-17-26(22)23(18-10-6-4-7-11-18)19-12-8-5-9-13-19/h4-17,23H,1-3H3. The zero-order valence-electron chi connectivity index (χ0n) is 15.6. The van der Waals surface area contributed by atoms with Gasteiger partial charge in [-0.15, -0.1) is 0 Å². The first-order chi connectivity index (χ1) is 12.5. The van der Waals surface area contributed by atoms with Crippen molar-refractivity contribution in [2.75, 3.05) is 0 Å². The number of aromatic nitrogens is 2. The van der Waals surface area contributed by atoms with Crippen molar-refractivity contribution in [2.24, 2.45) is 0 Å². The molecule has 4 rings (SSSR count). The molecule has 3 aromatic carbocycles. The third kappa shape index (κ3) is 3.03. The number of hydrogen-bond acceptors (Lipinski definition) is 1. The van der Waals surface area contributed by atoms with E-state index in [9.17, 15) is 0 Å². The highest BCUT2D eigenvalue weighted by atomic mass is 15.1. The molecule has 0 N–H and O–H groups in total. The molecule has 0 aliphatic heterocycles. The summed E-state index contributed by atoms with van der Waals surface area (Å²) in [5, 5.41) is 0. The van der Waals surface area contributed by atoms with Gasteiger partial charge in [0, 0.05) is 0 Å². The molecule has 0 saturated heterocycles. The number of imidazole rings is 1. The molecule has 0 spiro atoms. The lowest BCUT2D eigenvalue weighted by molar-refractivity contribution is 0.591. The van der Waals surface area contributed by atoms with Gasteiger partial charge in [-0.25, -0.2) is 4.98 Å². The van der Waals surface area contributed by atoms with Gasteiger partial charge in [-0.2, -0.15) is 0 Å². The molecule has 0 aliphatic rings. The molecule has 0 atom stereocenters. The summed E-state index contributed by atoms with van der Waals surface area (Å²) in [6.07, 6.45) is 1.97. The summed E-state index contributed by atoms with van der Waals surface area (Å²) in [5.41, 5.74) is 6.17. The van der Waals surface area contributed by atoms with Gasteiger partial charge in [0.2, 0.25) is 0 Å². The number of fused-ring (bicyclic) bond motifs is 1.